The Labute approximate surface area is 127 Å². The monoisotopic (exact) mass is 302 g/mol. The molecule has 20 heavy (non-hydrogen) atoms. The number of carbonyl (C=O) groups is 1. The van der Waals surface area contributed by atoms with E-state index in [1.54, 1.807) is 18.2 Å². The molecule has 0 radical (unpaired) electrons. The molecular weight excluding hydrogens is 292 g/mol. The molecule has 0 aliphatic carbocycles. The minimum Gasteiger partial charge on any atom is -0.309 e. The smallest absolute Gasteiger partial charge is 0.253 e. The van der Waals surface area contributed by atoms with Crippen LogP contribution >= 0.6 is 23.8 Å². The highest BCUT2D eigenvalue weighted by Gasteiger charge is 2.34. The van der Waals surface area contributed by atoms with E-state index in [1.165, 1.54) is 4.90 Å². The molecule has 1 aliphatic rings. The van der Waals surface area contributed by atoms with Crippen molar-refractivity contribution in [1.29, 1.82) is 0 Å². The van der Waals surface area contributed by atoms with Gasteiger partial charge in [-0.05, 0) is 42.5 Å². The molecular formula is C15H11ClN2OS. The Kier molecular flexibility index (Phi) is 3.42. The predicted octanol–water partition coefficient (Wildman–Crippen LogP) is 3.48. The highest BCUT2D eigenvalue weighted by Crippen LogP contribution is 2.27. The third kappa shape index (κ3) is 2.28. The van der Waals surface area contributed by atoms with Crippen molar-refractivity contribution < 1.29 is 4.79 Å². The van der Waals surface area contributed by atoms with Crippen LogP contribution in [0.4, 0.5) is 11.4 Å². The maximum Gasteiger partial charge on any atom is 0.253 e. The van der Waals surface area contributed by atoms with Gasteiger partial charge in [-0.15, -0.1) is 0 Å². The zero-order chi connectivity index (χ0) is 14.1. The van der Waals surface area contributed by atoms with Crippen molar-refractivity contribution in [1.82, 2.24) is 0 Å². The van der Waals surface area contributed by atoms with E-state index >= 15 is 0 Å². The fourth-order valence-electron chi connectivity index (χ4n) is 2.18. The third-order valence-corrected chi connectivity index (χ3v) is 3.74. The van der Waals surface area contributed by atoms with Gasteiger partial charge in [0.15, 0.2) is 5.11 Å². The van der Waals surface area contributed by atoms with Crippen molar-refractivity contribution in [3.05, 3.63) is 59.6 Å². The second-order valence-electron chi connectivity index (χ2n) is 4.41. The molecule has 0 bridgehead atoms. The van der Waals surface area contributed by atoms with Crippen LogP contribution in [0.2, 0.25) is 5.02 Å². The van der Waals surface area contributed by atoms with Gasteiger partial charge >= 0.3 is 0 Å². The number of nitrogens with zero attached hydrogens (tertiary/aromatic N) is 2. The molecule has 100 valence electrons. The van der Waals surface area contributed by atoms with Crippen LogP contribution in [0.25, 0.3) is 0 Å². The standard InChI is InChI=1S/C15H11ClN2OS/c16-11-5-4-8-13(9-11)18-14(19)10-17(15(18)20)12-6-2-1-3-7-12/h1-9H,10H2. The Morgan fingerprint density at radius 1 is 1.00 bits per heavy atom. The molecule has 1 amide bonds. The Bertz CT molecular complexity index is 675. The molecule has 0 unspecified atom stereocenters. The number of para-hydroxylation sites is 1. The number of hydrogen-bond acceptors (Lipinski definition) is 2. The molecule has 1 heterocycles. The molecule has 3 nitrogen and oxygen atoms in total. The van der Waals surface area contributed by atoms with Gasteiger partial charge in [0.25, 0.3) is 5.91 Å². The molecule has 0 atom stereocenters. The molecule has 0 saturated carbocycles. The Morgan fingerprint density at radius 3 is 2.40 bits per heavy atom. The van der Waals surface area contributed by atoms with Crippen LogP contribution in [-0.4, -0.2) is 17.6 Å². The third-order valence-electron chi connectivity index (χ3n) is 3.10. The Hall–Kier alpha value is -1.91. The second kappa shape index (κ2) is 5.23. The van der Waals surface area contributed by atoms with Crippen LogP contribution in [0.15, 0.2) is 54.6 Å². The first-order valence-corrected chi connectivity index (χ1v) is 6.90. The lowest BCUT2D eigenvalue weighted by Gasteiger charge is -2.20. The maximum atomic E-state index is 12.2. The van der Waals surface area contributed by atoms with E-state index in [1.807, 2.05) is 41.3 Å². The lowest BCUT2D eigenvalue weighted by Crippen LogP contribution is -2.32. The number of rotatable bonds is 2. The summed E-state index contributed by atoms with van der Waals surface area (Å²) < 4.78 is 0. The zero-order valence-electron chi connectivity index (χ0n) is 10.5. The van der Waals surface area contributed by atoms with E-state index in [-0.39, 0.29) is 12.5 Å². The minimum absolute atomic E-state index is 0.0545. The summed E-state index contributed by atoms with van der Waals surface area (Å²) >= 11 is 11.4. The lowest BCUT2D eigenvalue weighted by atomic mass is 10.3. The van der Waals surface area contributed by atoms with Crippen molar-refractivity contribution in [3.63, 3.8) is 0 Å². The molecule has 3 rings (SSSR count). The first-order valence-electron chi connectivity index (χ1n) is 6.12. The van der Waals surface area contributed by atoms with Crippen molar-refractivity contribution in [2.45, 2.75) is 0 Å². The molecule has 1 aliphatic heterocycles. The van der Waals surface area contributed by atoms with E-state index in [9.17, 15) is 4.79 Å². The normalized spacial score (nSPS) is 15.1. The van der Waals surface area contributed by atoms with E-state index in [2.05, 4.69) is 0 Å². The number of thiocarbonyl (C=S) groups is 1. The summed E-state index contributed by atoms with van der Waals surface area (Å²) in [6.07, 6.45) is 0. The molecule has 5 heteroatoms. The van der Waals surface area contributed by atoms with Crippen molar-refractivity contribution >= 4 is 46.2 Å². The summed E-state index contributed by atoms with van der Waals surface area (Å²) in [4.78, 5) is 15.6. The van der Waals surface area contributed by atoms with Crippen molar-refractivity contribution in [3.8, 4) is 0 Å². The van der Waals surface area contributed by atoms with Gasteiger partial charge in [0, 0.05) is 10.7 Å². The number of amides is 1. The van der Waals surface area contributed by atoms with Crippen LogP contribution in [-0.2, 0) is 4.79 Å². The van der Waals surface area contributed by atoms with Crippen LogP contribution in [0, 0.1) is 0 Å². The van der Waals surface area contributed by atoms with Crippen molar-refractivity contribution in [2.75, 3.05) is 16.3 Å². The van der Waals surface area contributed by atoms with E-state index in [0.717, 1.165) is 5.69 Å². The lowest BCUT2D eigenvalue weighted by molar-refractivity contribution is -0.115. The fourth-order valence-corrected chi connectivity index (χ4v) is 2.74. The average Bonchev–Trinajstić information content (AvgIpc) is 2.75. The number of anilines is 2. The zero-order valence-corrected chi connectivity index (χ0v) is 12.1. The van der Waals surface area contributed by atoms with Gasteiger partial charge in [0.05, 0.1) is 5.69 Å². The molecule has 2 aromatic rings. The average molecular weight is 303 g/mol. The van der Waals surface area contributed by atoms with E-state index < -0.39 is 0 Å². The molecule has 1 fully saturated rings. The number of carbonyl (C=O) groups excluding carboxylic acids is 1. The summed E-state index contributed by atoms with van der Waals surface area (Å²) in [5.41, 5.74) is 1.61. The van der Waals surface area contributed by atoms with Crippen LogP contribution in [0.1, 0.15) is 0 Å². The first kappa shape index (κ1) is 13.1. The largest absolute Gasteiger partial charge is 0.309 e. The quantitative estimate of drug-likeness (QED) is 0.794. The minimum atomic E-state index is -0.0545. The molecule has 0 spiro atoms. The van der Waals surface area contributed by atoms with Gasteiger partial charge in [-0.1, -0.05) is 35.9 Å². The predicted molar refractivity (Wildman–Crippen MR) is 85.3 cm³/mol. The van der Waals surface area contributed by atoms with Crippen LogP contribution in [0.3, 0.4) is 0 Å². The SMILES string of the molecule is O=C1CN(c2ccccc2)C(=S)N1c1cccc(Cl)c1. The topological polar surface area (TPSA) is 23.6 Å². The number of hydrogen-bond donors (Lipinski definition) is 0. The van der Waals surface area contributed by atoms with Gasteiger partial charge < -0.3 is 4.90 Å². The molecule has 0 aromatic heterocycles. The van der Waals surface area contributed by atoms with Crippen LogP contribution < -0.4 is 9.80 Å². The molecule has 0 N–H and O–H groups in total. The number of halogens is 1. The summed E-state index contributed by atoms with van der Waals surface area (Å²) in [7, 11) is 0. The summed E-state index contributed by atoms with van der Waals surface area (Å²) in [5, 5.41) is 1.06. The van der Waals surface area contributed by atoms with E-state index in [4.69, 9.17) is 23.8 Å². The van der Waals surface area contributed by atoms with Gasteiger partial charge in [-0.2, -0.15) is 0 Å². The first-order chi connectivity index (χ1) is 9.66. The van der Waals surface area contributed by atoms with Gasteiger partial charge in [0.1, 0.15) is 6.54 Å². The Morgan fingerprint density at radius 2 is 1.70 bits per heavy atom. The van der Waals surface area contributed by atoms with Crippen molar-refractivity contribution in [2.24, 2.45) is 0 Å². The molecule has 1 saturated heterocycles. The maximum absolute atomic E-state index is 12.2. The van der Waals surface area contributed by atoms with Gasteiger partial charge in [-0.3, -0.25) is 9.69 Å². The van der Waals surface area contributed by atoms with Gasteiger partial charge in [0.2, 0.25) is 0 Å². The second-order valence-corrected chi connectivity index (χ2v) is 5.21. The van der Waals surface area contributed by atoms with E-state index in [0.29, 0.717) is 15.8 Å². The highest BCUT2D eigenvalue weighted by molar-refractivity contribution is 7.81. The summed E-state index contributed by atoms with van der Waals surface area (Å²) in [6.45, 7) is 0.245. The van der Waals surface area contributed by atoms with Crippen LogP contribution in [0.5, 0.6) is 0 Å². The molecule has 2 aromatic carbocycles. The van der Waals surface area contributed by atoms with Gasteiger partial charge in [-0.25, -0.2) is 0 Å². The number of benzene rings is 2. The Balaban J connectivity index is 1.95. The summed E-state index contributed by atoms with van der Waals surface area (Å²) in [5.74, 6) is -0.0545. The highest BCUT2D eigenvalue weighted by atomic mass is 35.5. The fraction of sp³-hybridized carbons (Fsp3) is 0.0667. The summed E-state index contributed by atoms with van der Waals surface area (Å²) in [6, 6.07) is 16.8.